The number of nitrogens with zero attached hydrogens (tertiary/aromatic N) is 4. The van der Waals surface area contributed by atoms with Crippen molar-refractivity contribution in [1.29, 1.82) is 0 Å². The summed E-state index contributed by atoms with van der Waals surface area (Å²) in [6.07, 6.45) is 3.72. The highest BCUT2D eigenvalue weighted by molar-refractivity contribution is 7.09. The minimum absolute atomic E-state index is 0.0506. The summed E-state index contributed by atoms with van der Waals surface area (Å²) >= 11 is 8.08. The molecule has 0 atom stereocenters. The van der Waals surface area contributed by atoms with Gasteiger partial charge in [-0.2, -0.15) is 9.78 Å². The minimum Gasteiger partial charge on any atom is -0.361 e. The van der Waals surface area contributed by atoms with Crippen LogP contribution in [-0.4, -0.2) is 20.7 Å². The standard InChI is InChI=1S/C18H15ClN4O3S/c19-17-16(21(12-3-4-12)11-15-2-1-9-27-15)10-20-22(18(17)24)13-5-7-14(8-6-13)23(25)26/h1-2,5-10,12H,3-4,11H2. The van der Waals surface area contributed by atoms with Crippen LogP contribution < -0.4 is 10.5 Å². The monoisotopic (exact) mass is 402 g/mol. The largest absolute Gasteiger partial charge is 0.361 e. The van der Waals surface area contributed by atoms with Gasteiger partial charge in [-0.25, -0.2) is 0 Å². The van der Waals surface area contributed by atoms with Gasteiger partial charge in [-0.15, -0.1) is 11.3 Å². The van der Waals surface area contributed by atoms with E-state index in [0.717, 1.165) is 17.5 Å². The van der Waals surface area contributed by atoms with Gasteiger partial charge in [-0.3, -0.25) is 14.9 Å². The van der Waals surface area contributed by atoms with Crippen LogP contribution in [0.1, 0.15) is 17.7 Å². The van der Waals surface area contributed by atoms with E-state index < -0.39 is 10.5 Å². The first-order valence-electron chi connectivity index (χ1n) is 8.36. The molecule has 2 heterocycles. The van der Waals surface area contributed by atoms with Crippen molar-refractivity contribution in [3.05, 3.63) is 78.3 Å². The number of non-ortho nitro benzene ring substituents is 1. The van der Waals surface area contributed by atoms with Crippen LogP contribution in [0.4, 0.5) is 11.4 Å². The molecule has 9 heteroatoms. The van der Waals surface area contributed by atoms with Crippen molar-refractivity contribution < 1.29 is 4.92 Å². The molecule has 3 aromatic rings. The minimum atomic E-state index is -0.492. The third-order valence-electron chi connectivity index (χ3n) is 4.41. The van der Waals surface area contributed by atoms with E-state index in [1.165, 1.54) is 29.1 Å². The van der Waals surface area contributed by atoms with E-state index in [2.05, 4.69) is 16.1 Å². The molecule has 0 N–H and O–H groups in total. The topological polar surface area (TPSA) is 81.3 Å². The number of hydrogen-bond donors (Lipinski definition) is 0. The van der Waals surface area contributed by atoms with Crippen molar-refractivity contribution in [1.82, 2.24) is 9.78 Å². The van der Waals surface area contributed by atoms with Gasteiger partial charge in [-0.05, 0) is 36.4 Å². The van der Waals surface area contributed by atoms with Gasteiger partial charge < -0.3 is 4.90 Å². The Hall–Kier alpha value is -2.71. The maximum absolute atomic E-state index is 12.8. The number of hydrogen-bond acceptors (Lipinski definition) is 6. The van der Waals surface area contributed by atoms with Crippen LogP contribution >= 0.6 is 22.9 Å². The van der Waals surface area contributed by atoms with Crippen LogP contribution in [0.15, 0.2) is 52.8 Å². The van der Waals surface area contributed by atoms with Crippen molar-refractivity contribution in [3.63, 3.8) is 0 Å². The summed E-state index contributed by atoms with van der Waals surface area (Å²) in [5.74, 6) is 0. The van der Waals surface area contributed by atoms with Gasteiger partial charge in [0, 0.05) is 23.1 Å². The van der Waals surface area contributed by atoms with E-state index >= 15 is 0 Å². The van der Waals surface area contributed by atoms with Crippen molar-refractivity contribution in [2.75, 3.05) is 4.90 Å². The lowest BCUT2D eigenvalue weighted by Crippen LogP contribution is -2.29. The fourth-order valence-corrected chi connectivity index (χ4v) is 3.83. The third kappa shape index (κ3) is 3.58. The fraction of sp³-hybridized carbons (Fsp3) is 0.222. The molecule has 0 saturated heterocycles. The van der Waals surface area contributed by atoms with Gasteiger partial charge in [0.15, 0.2) is 0 Å². The number of anilines is 1. The molecule has 0 unspecified atom stereocenters. The Bertz CT molecular complexity index is 1030. The number of nitro groups is 1. The average molecular weight is 403 g/mol. The van der Waals surface area contributed by atoms with E-state index in [0.29, 0.717) is 24.0 Å². The van der Waals surface area contributed by atoms with Crippen molar-refractivity contribution in [2.45, 2.75) is 25.4 Å². The summed E-state index contributed by atoms with van der Waals surface area (Å²) in [5.41, 5.74) is 0.552. The molecule has 0 amide bonds. The first-order valence-corrected chi connectivity index (χ1v) is 9.62. The van der Waals surface area contributed by atoms with Crippen molar-refractivity contribution in [3.8, 4) is 5.69 Å². The average Bonchev–Trinajstić information content (AvgIpc) is 3.38. The highest BCUT2D eigenvalue weighted by Crippen LogP contribution is 2.36. The molecule has 27 heavy (non-hydrogen) atoms. The highest BCUT2D eigenvalue weighted by atomic mass is 35.5. The van der Waals surface area contributed by atoms with Crippen LogP contribution in [0, 0.1) is 10.1 Å². The van der Waals surface area contributed by atoms with E-state index in [1.807, 2.05) is 11.4 Å². The molecule has 1 fully saturated rings. The Kier molecular flexibility index (Phi) is 4.67. The lowest BCUT2D eigenvalue weighted by atomic mass is 10.3. The maximum Gasteiger partial charge on any atom is 0.292 e. The molecule has 4 rings (SSSR count). The summed E-state index contributed by atoms with van der Waals surface area (Å²) in [7, 11) is 0. The van der Waals surface area contributed by atoms with Crippen LogP contribution in [0.2, 0.25) is 5.02 Å². The Balaban J connectivity index is 1.68. The summed E-state index contributed by atoms with van der Waals surface area (Å²) in [6, 6.07) is 10.0. The summed E-state index contributed by atoms with van der Waals surface area (Å²) in [6.45, 7) is 0.685. The molecule has 0 bridgehead atoms. The fourth-order valence-electron chi connectivity index (χ4n) is 2.89. The molecule has 1 saturated carbocycles. The quantitative estimate of drug-likeness (QED) is 0.459. The van der Waals surface area contributed by atoms with E-state index in [9.17, 15) is 14.9 Å². The predicted octanol–water partition coefficient (Wildman–Crippen LogP) is 4.02. The maximum atomic E-state index is 12.8. The molecule has 1 aliphatic carbocycles. The lowest BCUT2D eigenvalue weighted by Gasteiger charge is -2.24. The number of thiophene rings is 1. The number of benzene rings is 1. The summed E-state index contributed by atoms with van der Waals surface area (Å²) in [4.78, 5) is 26.4. The zero-order valence-corrected chi connectivity index (χ0v) is 15.7. The normalized spacial score (nSPS) is 13.5. The number of nitro benzene ring substituents is 1. The Morgan fingerprint density at radius 2 is 2.04 bits per heavy atom. The zero-order chi connectivity index (χ0) is 19.0. The molecule has 1 aromatic carbocycles. The van der Waals surface area contributed by atoms with Gasteiger partial charge in [0.05, 0.1) is 29.0 Å². The smallest absolute Gasteiger partial charge is 0.292 e. The van der Waals surface area contributed by atoms with E-state index in [1.54, 1.807) is 17.5 Å². The molecule has 0 radical (unpaired) electrons. The molecule has 7 nitrogen and oxygen atoms in total. The Labute approximate surface area is 163 Å². The lowest BCUT2D eigenvalue weighted by molar-refractivity contribution is -0.384. The van der Waals surface area contributed by atoms with Gasteiger partial charge in [0.1, 0.15) is 5.02 Å². The van der Waals surface area contributed by atoms with E-state index in [4.69, 9.17) is 11.6 Å². The third-order valence-corrected chi connectivity index (χ3v) is 5.63. The van der Waals surface area contributed by atoms with Crippen LogP contribution in [0.25, 0.3) is 5.69 Å². The Morgan fingerprint density at radius 1 is 1.30 bits per heavy atom. The molecular weight excluding hydrogens is 388 g/mol. The Morgan fingerprint density at radius 3 is 2.63 bits per heavy atom. The second-order valence-electron chi connectivity index (χ2n) is 6.27. The second kappa shape index (κ2) is 7.13. The number of rotatable bonds is 6. The summed E-state index contributed by atoms with van der Waals surface area (Å²) in [5, 5.41) is 17.2. The second-order valence-corrected chi connectivity index (χ2v) is 7.68. The van der Waals surface area contributed by atoms with Gasteiger partial charge >= 0.3 is 0 Å². The molecule has 138 valence electrons. The SMILES string of the molecule is O=c1c(Cl)c(N(Cc2cccs2)C2CC2)cnn1-c1ccc([N+](=O)[O-])cc1. The summed E-state index contributed by atoms with van der Waals surface area (Å²) < 4.78 is 1.16. The zero-order valence-electron chi connectivity index (χ0n) is 14.1. The number of aromatic nitrogens is 2. The van der Waals surface area contributed by atoms with Crippen molar-refractivity contribution in [2.24, 2.45) is 0 Å². The van der Waals surface area contributed by atoms with Crippen LogP contribution in [0.5, 0.6) is 0 Å². The van der Waals surface area contributed by atoms with Crippen LogP contribution in [-0.2, 0) is 6.54 Å². The van der Waals surface area contributed by atoms with Gasteiger partial charge in [0.2, 0.25) is 0 Å². The molecule has 1 aliphatic rings. The van der Waals surface area contributed by atoms with E-state index in [-0.39, 0.29) is 10.7 Å². The molecule has 0 spiro atoms. The first-order chi connectivity index (χ1) is 13.0. The molecule has 2 aromatic heterocycles. The van der Waals surface area contributed by atoms with Gasteiger partial charge in [0.25, 0.3) is 11.2 Å². The van der Waals surface area contributed by atoms with Crippen molar-refractivity contribution >= 4 is 34.3 Å². The predicted molar refractivity (Wildman–Crippen MR) is 105 cm³/mol. The van der Waals surface area contributed by atoms with Gasteiger partial charge in [-0.1, -0.05) is 17.7 Å². The molecular formula is C18H15ClN4O3S. The van der Waals surface area contributed by atoms with Crippen LogP contribution in [0.3, 0.4) is 0 Å². The highest BCUT2D eigenvalue weighted by Gasteiger charge is 2.31. The molecule has 0 aliphatic heterocycles. The first kappa shape index (κ1) is 17.7. The number of halogens is 1.